The van der Waals surface area contributed by atoms with Crippen molar-refractivity contribution in [2.45, 2.75) is 106 Å². The molecular formula is C25H45NO7. The molecule has 192 valence electrons. The molecular weight excluding hydrogens is 426 g/mol. The Labute approximate surface area is 199 Å². The Bertz CT molecular complexity index is 681. The van der Waals surface area contributed by atoms with Crippen LogP contribution >= 0.6 is 0 Å². The van der Waals surface area contributed by atoms with Crippen LogP contribution in [0.3, 0.4) is 0 Å². The normalized spacial score (nSPS) is 22.3. The molecule has 8 heteroatoms. The number of nitrogens with zero attached hydrogens (tertiary/aromatic N) is 1. The van der Waals surface area contributed by atoms with Gasteiger partial charge in [-0.25, -0.2) is 4.79 Å². The van der Waals surface area contributed by atoms with Crippen molar-refractivity contribution in [3.63, 3.8) is 0 Å². The third-order valence-corrected chi connectivity index (χ3v) is 6.06. The molecule has 1 heterocycles. The van der Waals surface area contributed by atoms with E-state index < -0.39 is 41.4 Å². The topological polar surface area (TPSA) is 91.4 Å². The van der Waals surface area contributed by atoms with Crippen LogP contribution in [0, 0.1) is 23.7 Å². The highest BCUT2D eigenvalue weighted by Crippen LogP contribution is 2.41. The van der Waals surface area contributed by atoms with E-state index >= 15 is 0 Å². The van der Waals surface area contributed by atoms with Gasteiger partial charge in [0.2, 0.25) is 0 Å². The molecule has 0 aromatic carbocycles. The van der Waals surface area contributed by atoms with Gasteiger partial charge in [0.1, 0.15) is 11.3 Å². The standard InChI is InChI=1S/C25H45NO7/c1-12-31-22(28)17(15(2)3)13-19-20(14-18(16(4)5)21(27)30-11)32-25(9,10)26(19)23(29)33-24(6,7)8/h15-20H,12-14H2,1-11H3/t17-,18-,19+,20+/m0/s1. The molecule has 1 rings (SSSR count). The minimum absolute atomic E-state index is 0.00426. The van der Waals surface area contributed by atoms with Crippen molar-refractivity contribution in [2.24, 2.45) is 23.7 Å². The number of carbonyl (C=O) groups is 3. The number of hydrogen-bond acceptors (Lipinski definition) is 7. The van der Waals surface area contributed by atoms with Crippen molar-refractivity contribution >= 4 is 18.0 Å². The largest absolute Gasteiger partial charge is 0.469 e. The van der Waals surface area contributed by atoms with E-state index in [-0.39, 0.29) is 30.4 Å². The van der Waals surface area contributed by atoms with E-state index in [2.05, 4.69) is 0 Å². The maximum atomic E-state index is 13.3. The lowest BCUT2D eigenvalue weighted by Crippen LogP contribution is -2.51. The third kappa shape index (κ3) is 7.87. The second-order valence-corrected chi connectivity index (χ2v) is 11.0. The smallest absolute Gasteiger partial charge is 0.412 e. The van der Waals surface area contributed by atoms with E-state index in [1.807, 2.05) is 48.5 Å². The summed E-state index contributed by atoms with van der Waals surface area (Å²) in [6, 6.07) is -0.474. The van der Waals surface area contributed by atoms with Crippen LogP contribution in [0.2, 0.25) is 0 Å². The summed E-state index contributed by atoms with van der Waals surface area (Å²) in [5.74, 6) is -1.44. The molecule has 1 aliphatic heterocycles. The molecule has 1 saturated heterocycles. The zero-order valence-electron chi connectivity index (χ0n) is 22.4. The average molecular weight is 472 g/mol. The number of hydrogen-bond donors (Lipinski definition) is 0. The summed E-state index contributed by atoms with van der Waals surface area (Å²) >= 11 is 0. The summed E-state index contributed by atoms with van der Waals surface area (Å²) < 4.78 is 22.4. The zero-order valence-corrected chi connectivity index (χ0v) is 22.4. The van der Waals surface area contributed by atoms with Crippen molar-refractivity contribution in [3.05, 3.63) is 0 Å². The molecule has 0 aromatic heterocycles. The highest BCUT2D eigenvalue weighted by Gasteiger charge is 2.53. The fourth-order valence-electron chi connectivity index (χ4n) is 4.39. The quantitative estimate of drug-likeness (QED) is 0.353. The Morgan fingerprint density at radius 2 is 1.48 bits per heavy atom. The molecule has 33 heavy (non-hydrogen) atoms. The molecule has 0 unspecified atom stereocenters. The number of methoxy groups -OCH3 is 1. The molecule has 0 saturated carbocycles. The maximum absolute atomic E-state index is 13.3. The third-order valence-electron chi connectivity index (χ3n) is 6.06. The van der Waals surface area contributed by atoms with Gasteiger partial charge >= 0.3 is 18.0 Å². The van der Waals surface area contributed by atoms with Gasteiger partial charge in [-0.1, -0.05) is 27.7 Å². The Hall–Kier alpha value is -1.83. The fraction of sp³-hybridized carbons (Fsp3) is 0.880. The minimum atomic E-state index is -0.981. The molecule has 0 bridgehead atoms. The van der Waals surface area contributed by atoms with Crippen LogP contribution in [0.25, 0.3) is 0 Å². The van der Waals surface area contributed by atoms with E-state index in [4.69, 9.17) is 18.9 Å². The van der Waals surface area contributed by atoms with Crippen LogP contribution in [-0.4, -0.2) is 60.1 Å². The Kier molecular flexibility index (Phi) is 10.2. The maximum Gasteiger partial charge on any atom is 0.412 e. The predicted molar refractivity (Wildman–Crippen MR) is 125 cm³/mol. The summed E-state index contributed by atoms with van der Waals surface area (Å²) in [6.07, 6.45) is -0.276. The lowest BCUT2D eigenvalue weighted by molar-refractivity contribution is -0.151. The van der Waals surface area contributed by atoms with Crippen molar-refractivity contribution < 1.29 is 33.3 Å². The molecule has 1 fully saturated rings. The van der Waals surface area contributed by atoms with Gasteiger partial charge in [0.05, 0.1) is 37.7 Å². The molecule has 0 aromatic rings. The van der Waals surface area contributed by atoms with Crippen molar-refractivity contribution in [2.75, 3.05) is 13.7 Å². The van der Waals surface area contributed by atoms with Crippen LogP contribution in [0.4, 0.5) is 4.79 Å². The summed E-state index contributed by atoms with van der Waals surface area (Å²) in [6.45, 7) is 18.9. The van der Waals surface area contributed by atoms with Crippen LogP contribution < -0.4 is 0 Å². The Morgan fingerprint density at radius 1 is 0.970 bits per heavy atom. The van der Waals surface area contributed by atoms with Crippen molar-refractivity contribution in [3.8, 4) is 0 Å². The van der Waals surface area contributed by atoms with E-state index in [1.54, 1.807) is 25.7 Å². The lowest BCUT2D eigenvalue weighted by atomic mass is 9.83. The van der Waals surface area contributed by atoms with Gasteiger partial charge in [-0.3, -0.25) is 14.5 Å². The van der Waals surface area contributed by atoms with Crippen molar-refractivity contribution in [1.82, 2.24) is 4.90 Å². The summed E-state index contributed by atoms with van der Waals surface area (Å²) in [5, 5.41) is 0. The van der Waals surface area contributed by atoms with Crippen molar-refractivity contribution in [1.29, 1.82) is 0 Å². The first-order chi connectivity index (χ1) is 15.1. The molecule has 4 atom stereocenters. The molecule has 1 aliphatic rings. The summed E-state index contributed by atoms with van der Waals surface area (Å²) in [4.78, 5) is 40.1. The summed E-state index contributed by atoms with van der Waals surface area (Å²) in [7, 11) is 1.37. The van der Waals surface area contributed by atoms with Crippen LogP contribution in [0.15, 0.2) is 0 Å². The first kappa shape index (κ1) is 29.2. The monoisotopic (exact) mass is 471 g/mol. The van der Waals surface area contributed by atoms with Crippen LogP contribution in [0.1, 0.15) is 82.1 Å². The van der Waals surface area contributed by atoms with E-state index in [1.165, 1.54) is 7.11 Å². The SMILES string of the molecule is CCOC(=O)[C@@H](C[C@@H]1[C@@H](C[C@H](C(=O)OC)C(C)C)OC(C)(C)N1C(=O)OC(C)(C)C)C(C)C. The van der Waals surface area contributed by atoms with Gasteiger partial charge in [-0.2, -0.15) is 0 Å². The molecule has 0 spiro atoms. The van der Waals surface area contributed by atoms with Crippen LogP contribution in [0.5, 0.6) is 0 Å². The van der Waals surface area contributed by atoms with Gasteiger partial charge < -0.3 is 18.9 Å². The molecule has 8 nitrogen and oxygen atoms in total. The van der Waals surface area contributed by atoms with Gasteiger partial charge in [0, 0.05) is 0 Å². The van der Waals surface area contributed by atoms with Gasteiger partial charge in [-0.05, 0) is 66.2 Å². The number of carbonyl (C=O) groups excluding carboxylic acids is 3. The lowest BCUT2D eigenvalue weighted by Gasteiger charge is -2.36. The average Bonchev–Trinajstić information content (AvgIpc) is 2.90. The number of esters is 2. The van der Waals surface area contributed by atoms with E-state index in [0.29, 0.717) is 12.8 Å². The van der Waals surface area contributed by atoms with Gasteiger partial charge in [0.25, 0.3) is 0 Å². The second kappa shape index (κ2) is 11.5. The molecule has 0 radical (unpaired) electrons. The van der Waals surface area contributed by atoms with Crippen LogP contribution in [-0.2, 0) is 28.5 Å². The number of rotatable bonds is 9. The first-order valence-electron chi connectivity index (χ1n) is 12.0. The van der Waals surface area contributed by atoms with Gasteiger partial charge in [0.15, 0.2) is 0 Å². The second-order valence-electron chi connectivity index (χ2n) is 11.0. The van der Waals surface area contributed by atoms with E-state index in [9.17, 15) is 14.4 Å². The minimum Gasteiger partial charge on any atom is -0.469 e. The Balaban J connectivity index is 3.42. The molecule has 0 aliphatic carbocycles. The Morgan fingerprint density at radius 3 is 1.91 bits per heavy atom. The zero-order chi connectivity index (χ0) is 25.7. The highest BCUT2D eigenvalue weighted by atomic mass is 16.6. The van der Waals surface area contributed by atoms with Gasteiger partial charge in [-0.15, -0.1) is 0 Å². The highest BCUT2D eigenvalue weighted by molar-refractivity contribution is 5.74. The fourth-order valence-corrected chi connectivity index (χ4v) is 4.39. The molecule has 0 N–H and O–H groups in total. The number of ether oxygens (including phenoxy) is 4. The summed E-state index contributed by atoms with van der Waals surface area (Å²) in [5.41, 5.74) is -1.67. The predicted octanol–water partition coefficient (Wildman–Crippen LogP) is 4.79. The molecule has 1 amide bonds. The number of amides is 1. The first-order valence-corrected chi connectivity index (χ1v) is 12.0. The van der Waals surface area contributed by atoms with E-state index in [0.717, 1.165) is 0 Å².